The molecule has 0 aliphatic heterocycles. The number of anilines is 2. The molecule has 22 heavy (non-hydrogen) atoms. The largest absolute Gasteiger partial charge is 0.318 e. The van der Waals surface area contributed by atoms with Crippen molar-refractivity contribution in [3.8, 4) is 0 Å². The lowest BCUT2D eigenvalue weighted by molar-refractivity contribution is -0.133. The van der Waals surface area contributed by atoms with E-state index in [2.05, 4.69) is 10.6 Å². The van der Waals surface area contributed by atoms with Crippen LogP contribution >= 0.6 is 34.8 Å². The Kier molecular flexibility index (Phi) is 5.29. The van der Waals surface area contributed by atoms with E-state index >= 15 is 0 Å². The Morgan fingerprint density at radius 2 is 1.55 bits per heavy atom. The third kappa shape index (κ3) is 4.13. The normalized spacial score (nSPS) is 10.2. The van der Waals surface area contributed by atoms with Gasteiger partial charge in [0.25, 0.3) is 0 Å². The Bertz CT molecular complexity index is 748. The summed E-state index contributed by atoms with van der Waals surface area (Å²) in [6.45, 7) is 1.79. The van der Waals surface area contributed by atoms with E-state index in [1.807, 2.05) is 0 Å². The number of hydrogen-bond acceptors (Lipinski definition) is 2. The van der Waals surface area contributed by atoms with Gasteiger partial charge >= 0.3 is 11.8 Å². The van der Waals surface area contributed by atoms with Crippen LogP contribution in [0.4, 0.5) is 11.4 Å². The van der Waals surface area contributed by atoms with Crippen LogP contribution < -0.4 is 10.6 Å². The highest BCUT2D eigenvalue weighted by atomic mass is 35.5. The zero-order valence-electron chi connectivity index (χ0n) is 11.4. The molecule has 2 aromatic carbocycles. The molecule has 0 atom stereocenters. The Hall–Kier alpha value is -1.75. The van der Waals surface area contributed by atoms with Gasteiger partial charge in [0.2, 0.25) is 0 Å². The van der Waals surface area contributed by atoms with Crippen molar-refractivity contribution in [2.45, 2.75) is 6.92 Å². The SMILES string of the molecule is Cc1ccc(Cl)cc1NC(=O)C(=O)Nc1ccc(Cl)c(Cl)c1. The first-order valence-corrected chi connectivity index (χ1v) is 7.34. The number of carbonyl (C=O) groups is 2. The molecule has 0 aromatic heterocycles. The molecule has 0 saturated heterocycles. The molecule has 0 fully saturated rings. The van der Waals surface area contributed by atoms with Gasteiger partial charge in [-0.25, -0.2) is 0 Å². The Morgan fingerprint density at radius 3 is 2.23 bits per heavy atom. The molecule has 0 saturated carbocycles. The van der Waals surface area contributed by atoms with Gasteiger partial charge in [-0.3, -0.25) is 9.59 Å². The lowest BCUT2D eigenvalue weighted by atomic mass is 10.2. The number of benzene rings is 2. The molecule has 4 nitrogen and oxygen atoms in total. The molecule has 2 rings (SSSR count). The van der Waals surface area contributed by atoms with Gasteiger partial charge in [0.05, 0.1) is 10.0 Å². The number of aryl methyl sites for hydroxylation is 1. The molecule has 2 N–H and O–H groups in total. The Morgan fingerprint density at radius 1 is 0.864 bits per heavy atom. The molecule has 2 amide bonds. The fourth-order valence-electron chi connectivity index (χ4n) is 1.67. The fourth-order valence-corrected chi connectivity index (χ4v) is 2.14. The molecule has 0 radical (unpaired) electrons. The molecule has 0 heterocycles. The van der Waals surface area contributed by atoms with Crippen LogP contribution in [-0.2, 0) is 9.59 Å². The maximum Gasteiger partial charge on any atom is 0.314 e. The monoisotopic (exact) mass is 356 g/mol. The maximum atomic E-state index is 11.9. The number of hydrogen-bond donors (Lipinski definition) is 2. The van der Waals surface area contributed by atoms with Crippen molar-refractivity contribution in [3.63, 3.8) is 0 Å². The van der Waals surface area contributed by atoms with E-state index in [-0.39, 0.29) is 5.02 Å². The van der Waals surface area contributed by atoms with E-state index < -0.39 is 11.8 Å². The number of carbonyl (C=O) groups excluding carboxylic acids is 2. The highest BCUT2D eigenvalue weighted by molar-refractivity contribution is 6.44. The minimum atomic E-state index is -0.822. The van der Waals surface area contributed by atoms with E-state index in [0.29, 0.717) is 21.4 Å². The van der Waals surface area contributed by atoms with Gasteiger partial charge in [0.1, 0.15) is 0 Å². The highest BCUT2D eigenvalue weighted by Gasteiger charge is 2.15. The maximum absolute atomic E-state index is 11.9. The van der Waals surface area contributed by atoms with Crippen LogP contribution in [0.3, 0.4) is 0 Å². The van der Waals surface area contributed by atoms with Crippen molar-refractivity contribution >= 4 is 58.0 Å². The fraction of sp³-hybridized carbons (Fsp3) is 0.0667. The van der Waals surface area contributed by atoms with Crippen LogP contribution in [-0.4, -0.2) is 11.8 Å². The average Bonchev–Trinajstić information content (AvgIpc) is 2.46. The van der Waals surface area contributed by atoms with Crippen molar-refractivity contribution < 1.29 is 9.59 Å². The Labute approximate surface area is 142 Å². The number of halogens is 3. The van der Waals surface area contributed by atoms with Crippen LogP contribution in [0.1, 0.15) is 5.56 Å². The van der Waals surface area contributed by atoms with Gasteiger partial charge in [0, 0.05) is 16.4 Å². The van der Waals surface area contributed by atoms with E-state index in [1.54, 1.807) is 31.2 Å². The van der Waals surface area contributed by atoms with Crippen molar-refractivity contribution in [1.82, 2.24) is 0 Å². The summed E-state index contributed by atoms with van der Waals surface area (Å²) >= 11 is 17.5. The molecule has 114 valence electrons. The smallest absolute Gasteiger partial charge is 0.314 e. The second-order valence-electron chi connectivity index (χ2n) is 4.50. The minimum Gasteiger partial charge on any atom is -0.318 e. The van der Waals surface area contributed by atoms with Crippen LogP contribution in [0.25, 0.3) is 0 Å². The van der Waals surface area contributed by atoms with E-state index in [0.717, 1.165) is 5.56 Å². The van der Waals surface area contributed by atoms with Gasteiger partial charge in [-0.1, -0.05) is 40.9 Å². The standard InChI is InChI=1S/C15H11Cl3N2O2/c1-8-2-3-9(16)6-13(8)20-15(22)14(21)19-10-4-5-11(17)12(18)7-10/h2-7H,1H3,(H,19,21)(H,20,22). The minimum absolute atomic E-state index is 0.283. The van der Waals surface area contributed by atoms with Crippen LogP contribution in [0.5, 0.6) is 0 Å². The summed E-state index contributed by atoms with van der Waals surface area (Å²) in [5.41, 5.74) is 1.64. The van der Waals surface area contributed by atoms with Crippen LogP contribution in [0, 0.1) is 6.92 Å². The molecule has 7 heteroatoms. The van der Waals surface area contributed by atoms with Crippen LogP contribution in [0.15, 0.2) is 36.4 Å². The predicted molar refractivity (Wildman–Crippen MR) is 89.9 cm³/mol. The molecular weight excluding hydrogens is 347 g/mol. The molecule has 0 aliphatic carbocycles. The van der Waals surface area contributed by atoms with E-state index in [1.165, 1.54) is 12.1 Å². The zero-order chi connectivity index (χ0) is 16.3. The van der Waals surface area contributed by atoms with Crippen molar-refractivity contribution in [2.24, 2.45) is 0 Å². The Balaban J connectivity index is 2.07. The highest BCUT2D eigenvalue weighted by Crippen LogP contribution is 2.25. The van der Waals surface area contributed by atoms with Crippen LogP contribution in [0.2, 0.25) is 15.1 Å². The summed E-state index contributed by atoms with van der Waals surface area (Å²) in [6.07, 6.45) is 0. The lowest BCUT2D eigenvalue weighted by Crippen LogP contribution is -2.29. The van der Waals surface area contributed by atoms with E-state index in [9.17, 15) is 9.59 Å². The molecule has 0 bridgehead atoms. The molecular formula is C15H11Cl3N2O2. The predicted octanol–water partition coefficient (Wildman–Crippen LogP) is 4.53. The summed E-state index contributed by atoms with van der Waals surface area (Å²) in [4.78, 5) is 23.8. The summed E-state index contributed by atoms with van der Waals surface area (Å²) in [5.74, 6) is -1.63. The first kappa shape index (κ1) is 16.6. The van der Waals surface area contributed by atoms with Gasteiger partial charge in [-0.05, 0) is 42.8 Å². The summed E-state index contributed by atoms with van der Waals surface area (Å²) in [5, 5.41) is 6.05. The summed E-state index contributed by atoms with van der Waals surface area (Å²) in [6, 6.07) is 9.54. The summed E-state index contributed by atoms with van der Waals surface area (Å²) < 4.78 is 0. The second-order valence-corrected chi connectivity index (χ2v) is 5.75. The van der Waals surface area contributed by atoms with Crippen molar-refractivity contribution in [2.75, 3.05) is 10.6 Å². The zero-order valence-corrected chi connectivity index (χ0v) is 13.7. The molecule has 0 spiro atoms. The number of rotatable bonds is 2. The summed E-state index contributed by atoms with van der Waals surface area (Å²) in [7, 11) is 0. The average molecular weight is 358 g/mol. The first-order valence-electron chi connectivity index (χ1n) is 6.20. The molecule has 0 aliphatic rings. The molecule has 0 unspecified atom stereocenters. The van der Waals surface area contributed by atoms with Gasteiger partial charge in [-0.15, -0.1) is 0 Å². The second kappa shape index (κ2) is 7.01. The number of nitrogens with one attached hydrogen (secondary N) is 2. The topological polar surface area (TPSA) is 58.2 Å². The first-order chi connectivity index (χ1) is 10.4. The van der Waals surface area contributed by atoms with Gasteiger partial charge in [-0.2, -0.15) is 0 Å². The lowest BCUT2D eigenvalue weighted by Gasteiger charge is -2.09. The van der Waals surface area contributed by atoms with Crippen molar-refractivity contribution in [3.05, 3.63) is 57.0 Å². The van der Waals surface area contributed by atoms with Crippen molar-refractivity contribution in [1.29, 1.82) is 0 Å². The number of amides is 2. The third-order valence-corrected chi connectivity index (χ3v) is 3.81. The third-order valence-electron chi connectivity index (χ3n) is 2.83. The van der Waals surface area contributed by atoms with E-state index in [4.69, 9.17) is 34.8 Å². The van der Waals surface area contributed by atoms with Gasteiger partial charge < -0.3 is 10.6 Å². The molecule has 2 aromatic rings. The quantitative estimate of drug-likeness (QED) is 0.776. The van der Waals surface area contributed by atoms with Gasteiger partial charge in [0.15, 0.2) is 0 Å².